The number of amides is 2. The fraction of sp³-hybridized carbons (Fsp3) is 0.429. The van der Waals surface area contributed by atoms with Crippen molar-refractivity contribution >= 4 is 33.4 Å². The summed E-state index contributed by atoms with van der Waals surface area (Å²) in [6.45, 7) is 5.95. The van der Waals surface area contributed by atoms with E-state index in [4.69, 9.17) is 0 Å². The zero-order valence-electron chi connectivity index (χ0n) is 11.4. The first-order chi connectivity index (χ1) is 8.90. The molecular weight excluding hydrogens is 308 g/mol. The molecule has 0 saturated carbocycles. The lowest BCUT2D eigenvalue weighted by Crippen LogP contribution is -2.28. The Kier molecular flexibility index (Phi) is 6.02. The third kappa shape index (κ3) is 5.42. The highest BCUT2D eigenvalue weighted by Gasteiger charge is 2.08. The molecule has 1 unspecified atom stereocenters. The van der Waals surface area contributed by atoms with Crippen LogP contribution in [0.5, 0.6) is 0 Å². The van der Waals surface area contributed by atoms with E-state index in [0.717, 1.165) is 11.3 Å². The van der Waals surface area contributed by atoms with Gasteiger partial charge in [-0.1, -0.05) is 41.9 Å². The van der Waals surface area contributed by atoms with Crippen molar-refractivity contribution in [2.45, 2.75) is 32.1 Å². The van der Waals surface area contributed by atoms with Gasteiger partial charge in [0, 0.05) is 18.2 Å². The summed E-state index contributed by atoms with van der Waals surface area (Å²) < 4.78 is 0. The van der Waals surface area contributed by atoms with Crippen LogP contribution in [0.3, 0.4) is 0 Å². The summed E-state index contributed by atoms with van der Waals surface area (Å²) in [7, 11) is 0. The maximum Gasteiger partial charge on any atom is 0.233 e. The van der Waals surface area contributed by atoms with Crippen molar-refractivity contribution in [3.63, 3.8) is 0 Å². The molecule has 0 fully saturated rings. The first kappa shape index (κ1) is 15.7. The molecule has 0 saturated heterocycles. The molecule has 104 valence electrons. The number of carbonyl (C=O) groups is 2. The molecule has 0 aliphatic carbocycles. The lowest BCUT2D eigenvalue weighted by Gasteiger charge is -2.09. The zero-order chi connectivity index (χ0) is 14.4. The van der Waals surface area contributed by atoms with Crippen LogP contribution in [-0.2, 0) is 16.1 Å². The van der Waals surface area contributed by atoms with Crippen LogP contribution in [0.1, 0.15) is 26.3 Å². The number of alkyl halides is 1. The quantitative estimate of drug-likeness (QED) is 0.817. The number of anilines is 1. The largest absolute Gasteiger partial charge is 0.351 e. The van der Waals surface area contributed by atoms with E-state index in [-0.39, 0.29) is 22.6 Å². The van der Waals surface area contributed by atoms with Crippen LogP contribution in [-0.4, -0.2) is 16.6 Å². The number of benzene rings is 1. The molecule has 0 aliphatic rings. The summed E-state index contributed by atoms with van der Waals surface area (Å²) in [5, 5.41) is 5.62. The molecule has 5 heteroatoms. The topological polar surface area (TPSA) is 58.2 Å². The Morgan fingerprint density at radius 3 is 2.16 bits per heavy atom. The van der Waals surface area contributed by atoms with Crippen LogP contribution in [0.4, 0.5) is 5.69 Å². The summed E-state index contributed by atoms with van der Waals surface area (Å²) >= 11 is 3.21. The van der Waals surface area contributed by atoms with Gasteiger partial charge in [-0.3, -0.25) is 9.59 Å². The monoisotopic (exact) mass is 326 g/mol. The van der Waals surface area contributed by atoms with E-state index < -0.39 is 0 Å². The summed E-state index contributed by atoms with van der Waals surface area (Å²) in [6, 6.07) is 7.43. The Hall–Kier alpha value is -1.36. The van der Waals surface area contributed by atoms with E-state index in [1.807, 2.05) is 38.1 Å². The number of hydrogen-bond donors (Lipinski definition) is 2. The number of hydrogen-bond acceptors (Lipinski definition) is 2. The molecule has 0 bridgehead atoms. The molecule has 2 amide bonds. The van der Waals surface area contributed by atoms with Gasteiger partial charge in [0.25, 0.3) is 0 Å². The van der Waals surface area contributed by atoms with Crippen molar-refractivity contribution in [3.8, 4) is 0 Å². The average Bonchev–Trinajstić information content (AvgIpc) is 2.37. The van der Waals surface area contributed by atoms with E-state index in [1.54, 1.807) is 6.92 Å². The van der Waals surface area contributed by atoms with Crippen LogP contribution in [0.15, 0.2) is 24.3 Å². The zero-order valence-corrected chi connectivity index (χ0v) is 13.0. The maximum atomic E-state index is 11.5. The molecule has 1 atom stereocenters. The second kappa shape index (κ2) is 7.28. The Balaban J connectivity index is 2.52. The maximum absolute atomic E-state index is 11.5. The number of nitrogens with one attached hydrogen (secondary N) is 2. The minimum Gasteiger partial charge on any atom is -0.351 e. The Morgan fingerprint density at radius 1 is 1.11 bits per heavy atom. The standard InChI is InChI=1S/C14H19BrN2O2/c1-9(2)13(18)17-12-6-4-11(5-7-12)8-16-14(19)10(3)15/h4-7,9-10H,8H2,1-3H3,(H,16,19)(H,17,18). The fourth-order valence-electron chi connectivity index (χ4n) is 1.32. The Labute approximate surface area is 122 Å². The number of halogens is 1. The van der Waals surface area contributed by atoms with Gasteiger partial charge in [-0.2, -0.15) is 0 Å². The molecule has 1 aromatic carbocycles. The minimum absolute atomic E-state index is 0.00540. The highest BCUT2D eigenvalue weighted by atomic mass is 79.9. The van der Waals surface area contributed by atoms with Crippen LogP contribution in [0, 0.1) is 5.92 Å². The molecule has 2 N–H and O–H groups in total. The van der Waals surface area contributed by atoms with Gasteiger partial charge in [-0.15, -0.1) is 0 Å². The number of rotatable bonds is 5. The predicted molar refractivity (Wildman–Crippen MR) is 80.1 cm³/mol. The molecule has 0 aromatic heterocycles. The smallest absolute Gasteiger partial charge is 0.233 e. The highest BCUT2D eigenvalue weighted by molar-refractivity contribution is 9.10. The van der Waals surface area contributed by atoms with Gasteiger partial charge in [-0.05, 0) is 24.6 Å². The van der Waals surface area contributed by atoms with Crippen molar-refractivity contribution in [2.24, 2.45) is 5.92 Å². The van der Waals surface area contributed by atoms with Crippen molar-refractivity contribution in [1.29, 1.82) is 0 Å². The molecule has 0 spiro atoms. The molecule has 0 radical (unpaired) electrons. The average molecular weight is 327 g/mol. The Morgan fingerprint density at radius 2 is 1.68 bits per heavy atom. The van der Waals surface area contributed by atoms with Gasteiger partial charge in [0.05, 0.1) is 4.83 Å². The van der Waals surface area contributed by atoms with Crippen molar-refractivity contribution in [3.05, 3.63) is 29.8 Å². The van der Waals surface area contributed by atoms with Gasteiger partial charge < -0.3 is 10.6 Å². The molecule has 19 heavy (non-hydrogen) atoms. The molecule has 4 nitrogen and oxygen atoms in total. The van der Waals surface area contributed by atoms with Gasteiger partial charge in [-0.25, -0.2) is 0 Å². The van der Waals surface area contributed by atoms with Crippen molar-refractivity contribution in [2.75, 3.05) is 5.32 Å². The van der Waals surface area contributed by atoms with E-state index in [9.17, 15) is 9.59 Å². The van der Waals surface area contributed by atoms with Crippen molar-refractivity contribution < 1.29 is 9.59 Å². The van der Waals surface area contributed by atoms with Crippen molar-refractivity contribution in [1.82, 2.24) is 5.32 Å². The van der Waals surface area contributed by atoms with E-state index in [1.165, 1.54) is 0 Å². The normalized spacial score (nSPS) is 12.1. The number of carbonyl (C=O) groups excluding carboxylic acids is 2. The van der Waals surface area contributed by atoms with Crippen LogP contribution in [0.25, 0.3) is 0 Å². The fourth-order valence-corrected chi connectivity index (χ4v) is 1.48. The van der Waals surface area contributed by atoms with E-state index >= 15 is 0 Å². The van der Waals surface area contributed by atoms with E-state index in [0.29, 0.717) is 6.54 Å². The van der Waals surface area contributed by atoms with Crippen LogP contribution >= 0.6 is 15.9 Å². The van der Waals surface area contributed by atoms with Gasteiger partial charge in [0.1, 0.15) is 0 Å². The Bertz CT molecular complexity index is 441. The molecule has 1 rings (SSSR count). The summed E-state index contributed by atoms with van der Waals surface area (Å²) in [4.78, 5) is 22.7. The first-order valence-corrected chi connectivity index (χ1v) is 7.13. The first-order valence-electron chi connectivity index (χ1n) is 6.21. The summed E-state index contributed by atoms with van der Waals surface area (Å²) in [6.07, 6.45) is 0. The van der Waals surface area contributed by atoms with Gasteiger partial charge >= 0.3 is 0 Å². The summed E-state index contributed by atoms with van der Waals surface area (Å²) in [5.74, 6) is -0.0919. The van der Waals surface area contributed by atoms with Gasteiger partial charge in [0.2, 0.25) is 11.8 Å². The molecular formula is C14H19BrN2O2. The predicted octanol–water partition coefficient (Wildman–Crippen LogP) is 2.68. The molecule has 1 aromatic rings. The minimum atomic E-state index is -0.197. The molecule has 0 aliphatic heterocycles. The van der Waals surface area contributed by atoms with Crippen LogP contribution < -0.4 is 10.6 Å². The third-order valence-electron chi connectivity index (χ3n) is 2.57. The second-order valence-electron chi connectivity index (χ2n) is 4.67. The van der Waals surface area contributed by atoms with Gasteiger partial charge in [0.15, 0.2) is 0 Å². The van der Waals surface area contributed by atoms with Crippen LogP contribution in [0.2, 0.25) is 0 Å². The lowest BCUT2D eigenvalue weighted by molar-refractivity contribution is -0.120. The highest BCUT2D eigenvalue weighted by Crippen LogP contribution is 2.11. The lowest BCUT2D eigenvalue weighted by atomic mass is 10.1. The third-order valence-corrected chi connectivity index (χ3v) is 2.99. The molecule has 0 heterocycles. The second-order valence-corrected chi connectivity index (χ2v) is 6.05. The SMILES string of the molecule is CC(C)C(=O)Nc1ccc(CNC(=O)C(C)Br)cc1. The van der Waals surface area contributed by atoms with E-state index in [2.05, 4.69) is 26.6 Å². The summed E-state index contributed by atoms with van der Waals surface area (Å²) in [5.41, 5.74) is 1.76.